The van der Waals surface area contributed by atoms with E-state index in [-0.39, 0.29) is 0 Å². The zero-order chi connectivity index (χ0) is 35.9. The van der Waals surface area contributed by atoms with Gasteiger partial charge in [-0.3, -0.25) is 5.73 Å². The van der Waals surface area contributed by atoms with Gasteiger partial charge in [-0.25, -0.2) is 0 Å². The number of nitrogens with zero attached hydrogens (tertiary/aromatic N) is 3. The molecule has 54 heavy (non-hydrogen) atoms. The molecule has 11 rings (SSSR count). The van der Waals surface area contributed by atoms with Gasteiger partial charge >= 0.3 is 0 Å². The number of hydrogen-bond donors (Lipinski definition) is 1. The van der Waals surface area contributed by atoms with Crippen LogP contribution in [0.15, 0.2) is 175 Å². The second kappa shape index (κ2) is 12.1. The number of thiophene rings is 1. The van der Waals surface area contributed by atoms with Crippen LogP contribution in [-0.2, 0) is 0 Å². The number of rotatable bonds is 5. The van der Waals surface area contributed by atoms with Crippen LogP contribution in [0.4, 0.5) is 0 Å². The third-order valence-electron chi connectivity index (χ3n) is 11.3. The third kappa shape index (κ3) is 4.52. The highest BCUT2D eigenvalue weighted by molar-refractivity contribution is 7.26. The normalized spacial score (nSPS) is 14.8. The largest absolute Gasteiger partial charge is 0.341 e. The van der Waals surface area contributed by atoms with Crippen LogP contribution in [0.5, 0.6) is 0 Å². The lowest BCUT2D eigenvalue weighted by Crippen LogP contribution is -2.35. The Labute approximate surface area is 316 Å². The monoisotopic (exact) mass is 712 g/mol. The quantitative estimate of drug-likeness (QED) is 0.180. The van der Waals surface area contributed by atoms with E-state index in [1.165, 1.54) is 74.8 Å². The third-order valence-corrected chi connectivity index (χ3v) is 12.5. The maximum atomic E-state index is 7.48. The zero-order valence-corrected chi connectivity index (χ0v) is 30.6. The fourth-order valence-corrected chi connectivity index (χ4v) is 10.1. The fraction of sp³-hybridized carbons (Fsp3) is 0.0612. The summed E-state index contributed by atoms with van der Waals surface area (Å²) in [6.45, 7) is 0. The lowest BCUT2D eigenvalue weighted by Gasteiger charge is -2.33. The van der Waals surface area contributed by atoms with Gasteiger partial charge in [-0.1, -0.05) is 121 Å². The predicted octanol–water partition coefficient (Wildman–Crippen LogP) is 12.7. The number of aromatic nitrogens is 2. The Bertz CT molecular complexity index is 3230. The van der Waals surface area contributed by atoms with Gasteiger partial charge in [-0.05, 0) is 76.9 Å². The van der Waals surface area contributed by atoms with Crippen LogP contribution >= 0.6 is 11.3 Å². The van der Waals surface area contributed by atoms with E-state index < -0.39 is 6.29 Å². The van der Waals surface area contributed by atoms with Crippen LogP contribution in [0, 0.1) is 0 Å². The van der Waals surface area contributed by atoms with Crippen molar-refractivity contribution in [1.29, 1.82) is 0 Å². The van der Waals surface area contributed by atoms with Crippen molar-refractivity contribution >= 4 is 91.6 Å². The first-order valence-corrected chi connectivity index (χ1v) is 19.4. The average Bonchev–Trinajstić information content (AvgIpc) is 3.88. The molecule has 0 saturated heterocycles. The van der Waals surface area contributed by atoms with Crippen molar-refractivity contribution in [1.82, 2.24) is 14.0 Å². The van der Waals surface area contributed by atoms with E-state index in [0.29, 0.717) is 0 Å². The number of nitrogens with two attached hydrogens (primary N) is 1. The van der Waals surface area contributed by atoms with E-state index in [9.17, 15) is 0 Å². The Morgan fingerprint density at radius 1 is 0.611 bits per heavy atom. The minimum Gasteiger partial charge on any atom is -0.341 e. The number of fused-ring (bicyclic) bond motifs is 12. The van der Waals surface area contributed by atoms with Gasteiger partial charge in [0.2, 0.25) is 0 Å². The molecule has 0 saturated carbocycles. The Morgan fingerprint density at radius 2 is 1.26 bits per heavy atom. The topological polar surface area (TPSA) is 39.1 Å². The summed E-state index contributed by atoms with van der Waals surface area (Å²) in [5.41, 5.74) is 16.9. The van der Waals surface area contributed by atoms with Crippen LogP contribution in [0.1, 0.15) is 18.3 Å². The summed E-state index contributed by atoms with van der Waals surface area (Å²) in [5, 5.41) is 10.1. The smallest absolute Gasteiger partial charge is 0.159 e. The number of benzene rings is 7. The summed E-state index contributed by atoms with van der Waals surface area (Å²) in [7, 11) is 2.14. The molecule has 0 radical (unpaired) electrons. The second-order valence-electron chi connectivity index (χ2n) is 14.3. The van der Waals surface area contributed by atoms with Crippen molar-refractivity contribution in [2.24, 2.45) is 5.73 Å². The lowest BCUT2D eigenvalue weighted by atomic mass is 9.99. The van der Waals surface area contributed by atoms with E-state index in [2.05, 4.69) is 191 Å². The molecule has 258 valence electrons. The van der Waals surface area contributed by atoms with Crippen LogP contribution in [0.25, 0.3) is 85.9 Å². The molecule has 0 aliphatic heterocycles. The molecule has 1 atom stereocenters. The molecule has 5 heteroatoms. The highest BCUT2D eigenvalue weighted by atomic mass is 32.1. The minimum atomic E-state index is -0.466. The molecule has 2 N–H and O–H groups in total. The second-order valence-corrected chi connectivity index (χ2v) is 15.4. The highest BCUT2D eigenvalue weighted by Crippen LogP contribution is 2.48. The van der Waals surface area contributed by atoms with E-state index in [4.69, 9.17) is 5.73 Å². The van der Waals surface area contributed by atoms with E-state index >= 15 is 0 Å². The van der Waals surface area contributed by atoms with Crippen molar-refractivity contribution in [2.45, 2.75) is 12.7 Å². The van der Waals surface area contributed by atoms with Gasteiger partial charge in [0, 0.05) is 60.1 Å². The van der Waals surface area contributed by atoms with Gasteiger partial charge in [0.05, 0.1) is 22.1 Å². The van der Waals surface area contributed by atoms with Gasteiger partial charge in [-0.15, -0.1) is 11.3 Å². The SMILES string of the molecule is CN(/C(=C1/C=CC=CC1)c1ccccc1)C(N)n1c2ccccc2c2c3c(ccc21)sc1ccc2c(c4ccccc4n2-c2ccc4ccccc4c2)c13. The molecule has 0 spiro atoms. The van der Waals surface area contributed by atoms with Crippen LogP contribution < -0.4 is 5.73 Å². The Kier molecular flexibility index (Phi) is 6.96. The summed E-state index contributed by atoms with van der Waals surface area (Å²) in [6.07, 6.45) is 9.07. The summed E-state index contributed by atoms with van der Waals surface area (Å²) in [4.78, 5) is 2.26. The number of allylic oxidation sites excluding steroid dienone is 5. The van der Waals surface area contributed by atoms with Crippen LogP contribution in [0.3, 0.4) is 0 Å². The van der Waals surface area contributed by atoms with Crippen molar-refractivity contribution < 1.29 is 0 Å². The first-order valence-electron chi connectivity index (χ1n) is 18.5. The van der Waals surface area contributed by atoms with Crippen molar-refractivity contribution in [3.8, 4) is 5.69 Å². The predicted molar refractivity (Wildman–Crippen MR) is 231 cm³/mol. The molecular weight excluding hydrogens is 677 g/mol. The molecule has 3 heterocycles. The molecule has 0 fully saturated rings. The van der Waals surface area contributed by atoms with Gasteiger partial charge in [-0.2, -0.15) is 0 Å². The first kappa shape index (κ1) is 31.2. The molecule has 10 aromatic rings. The fourth-order valence-electron chi connectivity index (χ4n) is 8.98. The molecule has 0 bridgehead atoms. The molecule has 7 aromatic carbocycles. The maximum absolute atomic E-state index is 7.48. The Morgan fingerprint density at radius 3 is 2.02 bits per heavy atom. The average molecular weight is 713 g/mol. The minimum absolute atomic E-state index is 0.466. The van der Waals surface area contributed by atoms with Crippen molar-refractivity contribution in [3.63, 3.8) is 0 Å². The van der Waals surface area contributed by atoms with Crippen LogP contribution in [-0.4, -0.2) is 21.1 Å². The standard InChI is InChI=1S/C49H36N4S/c1-51(48(32-15-4-2-5-16-32)33-17-6-3-7-18-33)49(50)53-39-23-13-11-21-37(39)45-41(53)27-29-43-47(45)46-42(54-43)28-26-40-44(46)36-20-10-12-22-38(36)52(40)35-25-24-31-14-8-9-19-34(31)30-35/h2-17,19-30,49H,18,50H2,1H3/b48-33-. The number of para-hydroxylation sites is 2. The molecule has 1 aliphatic carbocycles. The molecule has 0 amide bonds. The highest BCUT2D eigenvalue weighted by Gasteiger charge is 2.26. The lowest BCUT2D eigenvalue weighted by molar-refractivity contribution is 0.281. The maximum Gasteiger partial charge on any atom is 0.159 e. The summed E-state index contributed by atoms with van der Waals surface area (Å²) >= 11 is 1.88. The van der Waals surface area contributed by atoms with E-state index in [1.807, 2.05) is 11.3 Å². The Hall–Kier alpha value is -6.40. The van der Waals surface area contributed by atoms with E-state index in [1.54, 1.807) is 0 Å². The molecule has 1 aliphatic rings. The summed E-state index contributed by atoms with van der Waals surface area (Å²) < 4.78 is 7.36. The number of hydrogen-bond acceptors (Lipinski definition) is 3. The van der Waals surface area contributed by atoms with Gasteiger partial charge < -0.3 is 14.0 Å². The van der Waals surface area contributed by atoms with Gasteiger partial charge in [0.15, 0.2) is 6.29 Å². The first-order chi connectivity index (χ1) is 26.7. The molecule has 1 unspecified atom stereocenters. The molecule has 4 nitrogen and oxygen atoms in total. The van der Waals surface area contributed by atoms with E-state index in [0.717, 1.165) is 28.7 Å². The molecule has 3 aromatic heterocycles. The van der Waals surface area contributed by atoms with Crippen LogP contribution in [0.2, 0.25) is 0 Å². The van der Waals surface area contributed by atoms with Gasteiger partial charge in [0.25, 0.3) is 0 Å². The summed E-state index contributed by atoms with van der Waals surface area (Å²) in [5.74, 6) is 0. The Balaban J connectivity index is 1.20. The van der Waals surface area contributed by atoms with Crippen molar-refractivity contribution in [2.75, 3.05) is 7.05 Å². The van der Waals surface area contributed by atoms with Gasteiger partial charge in [0.1, 0.15) is 0 Å². The zero-order valence-electron chi connectivity index (χ0n) is 29.8. The van der Waals surface area contributed by atoms with Crippen molar-refractivity contribution in [3.05, 3.63) is 181 Å². The summed E-state index contributed by atoms with van der Waals surface area (Å²) in [6, 6.07) is 53.0. The molecular formula is C49H36N4S.